The lowest BCUT2D eigenvalue weighted by molar-refractivity contribution is 0.156. The van der Waals surface area contributed by atoms with Gasteiger partial charge in [-0.2, -0.15) is 0 Å². The minimum Gasteiger partial charge on any atom is -0.489 e. The van der Waals surface area contributed by atoms with Crippen LogP contribution in [0.5, 0.6) is 5.75 Å². The van der Waals surface area contributed by atoms with E-state index in [4.69, 9.17) is 16.3 Å². The van der Waals surface area contributed by atoms with Gasteiger partial charge >= 0.3 is 0 Å². The van der Waals surface area contributed by atoms with E-state index >= 15 is 0 Å². The summed E-state index contributed by atoms with van der Waals surface area (Å²) in [4.78, 5) is 2.46. The van der Waals surface area contributed by atoms with Gasteiger partial charge in [-0.3, -0.25) is 4.90 Å². The molecular formula is C16H24Cl3FN2O. The molecule has 23 heavy (non-hydrogen) atoms. The first kappa shape index (κ1) is 20.8. The summed E-state index contributed by atoms with van der Waals surface area (Å²) in [6.07, 6.45) is 2.45. The van der Waals surface area contributed by atoms with Gasteiger partial charge in [0, 0.05) is 32.2 Å². The molecule has 1 saturated carbocycles. The van der Waals surface area contributed by atoms with Crippen LogP contribution in [0.15, 0.2) is 12.1 Å². The Labute approximate surface area is 154 Å². The average molecular weight is 386 g/mol. The zero-order valence-electron chi connectivity index (χ0n) is 13.2. The van der Waals surface area contributed by atoms with Crippen LogP contribution in [-0.2, 0) is 0 Å². The summed E-state index contributed by atoms with van der Waals surface area (Å²) in [5.41, 5.74) is 0.991. The van der Waals surface area contributed by atoms with Crippen molar-refractivity contribution in [2.45, 2.75) is 25.8 Å². The van der Waals surface area contributed by atoms with Gasteiger partial charge in [-0.15, -0.1) is 24.8 Å². The average Bonchev–Trinajstić information content (AvgIpc) is 3.29. The monoisotopic (exact) mass is 384 g/mol. The number of ether oxygens (including phenoxy) is 1. The van der Waals surface area contributed by atoms with Crippen LogP contribution in [0.4, 0.5) is 4.39 Å². The molecule has 0 spiro atoms. The molecule has 1 N–H and O–H groups in total. The molecular weight excluding hydrogens is 362 g/mol. The van der Waals surface area contributed by atoms with E-state index in [-0.39, 0.29) is 42.4 Å². The maximum atomic E-state index is 14.3. The van der Waals surface area contributed by atoms with Crippen LogP contribution in [-0.4, -0.2) is 37.7 Å². The van der Waals surface area contributed by atoms with Crippen LogP contribution < -0.4 is 10.1 Å². The van der Waals surface area contributed by atoms with Gasteiger partial charge in [0.2, 0.25) is 0 Å². The number of benzene rings is 1. The molecule has 1 atom stereocenters. The van der Waals surface area contributed by atoms with Gasteiger partial charge in [0.1, 0.15) is 0 Å². The predicted molar refractivity (Wildman–Crippen MR) is 97.0 cm³/mol. The van der Waals surface area contributed by atoms with E-state index in [2.05, 4.69) is 10.2 Å². The summed E-state index contributed by atoms with van der Waals surface area (Å²) in [5.74, 6) is 0.467. The van der Waals surface area contributed by atoms with Crippen molar-refractivity contribution in [1.29, 1.82) is 0 Å². The van der Waals surface area contributed by atoms with E-state index in [1.807, 2.05) is 13.0 Å². The quantitative estimate of drug-likeness (QED) is 0.826. The summed E-state index contributed by atoms with van der Waals surface area (Å²) < 4.78 is 19.6. The van der Waals surface area contributed by atoms with E-state index in [1.54, 1.807) is 6.07 Å². The first-order valence-electron chi connectivity index (χ1n) is 7.77. The molecule has 1 aliphatic carbocycles. The van der Waals surface area contributed by atoms with Crippen LogP contribution in [0.1, 0.15) is 31.4 Å². The Morgan fingerprint density at radius 3 is 2.48 bits per heavy atom. The van der Waals surface area contributed by atoms with Gasteiger partial charge in [0.15, 0.2) is 11.6 Å². The number of nitrogens with zero attached hydrogens (tertiary/aromatic N) is 1. The first-order valence-corrected chi connectivity index (χ1v) is 8.15. The van der Waals surface area contributed by atoms with Crippen molar-refractivity contribution in [3.63, 3.8) is 0 Å². The molecule has 2 aliphatic rings. The molecule has 0 bridgehead atoms. The molecule has 2 fully saturated rings. The first-order chi connectivity index (χ1) is 10.2. The number of piperazine rings is 1. The Hall–Kier alpha value is -0.260. The van der Waals surface area contributed by atoms with Gasteiger partial charge in [-0.1, -0.05) is 11.6 Å². The van der Waals surface area contributed by atoms with Crippen LogP contribution in [0, 0.1) is 11.7 Å². The van der Waals surface area contributed by atoms with Crippen molar-refractivity contribution >= 4 is 36.4 Å². The summed E-state index contributed by atoms with van der Waals surface area (Å²) >= 11 is 6.23. The largest absolute Gasteiger partial charge is 0.489 e. The van der Waals surface area contributed by atoms with Gasteiger partial charge in [0.05, 0.1) is 11.6 Å². The molecule has 1 aromatic rings. The van der Waals surface area contributed by atoms with E-state index in [0.717, 1.165) is 31.7 Å². The van der Waals surface area contributed by atoms with Crippen molar-refractivity contribution in [3.8, 4) is 5.75 Å². The number of hydrogen-bond donors (Lipinski definition) is 1. The summed E-state index contributed by atoms with van der Waals surface area (Å²) in [6, 6.07) is 3.79. The van der Waals surface area contributed by atoms with E-state index < -0.39 is 0 Å². The highest BCUT2D eigenvalue weighted by atomic mass is 35.5. The molecule has 0 amide bonds. The van der Waals surface area contributed by atoms with Gasteiger partial charge in [-0.05, 0) is 43.4 Å². The second kappa shape index (κ2) is 9.28. The maximum Gasteiger partial charge on any atom is 0.173 e. The minimum atomic E-state index is -0.347. The van der Waals surface area contributed by atoms with Gasteiger partial charge < -0.3 is 10.1 Å². The highest BCUT2D eigenvalue weighted by molar-refractivity contribution is 6.32. The zero-order chi connectivity index (χ0) is 14.8. The molecule has 0 aromatic heterocycles. The Kier molecular flexibility index (Phi) is 8.39. The van der Waals surface area contributed by atoms with E-state index in [1.165, 1.54) is 12.8 Å². The van der Waals surface area contributed by atoms with Crippen LogP contribution >= 0.6 is 36.4 Å². The number of hydrogen-bond acceptors (Lipinski definition) is 3. The topological polar surface area (TPSA) is 24.5 Å². The minimum absolute atomic E-state index is 0. The van der Waals surface area contributed by atoms with Crippen molar-refractivity contribution in [1.82, 2.24) is 10.2 Å². The zero-order valence-corrected chi connectivity index (χ0v) is 15.6. The number of rotatable bonds is 5. The second-order valence-electron chi connectivity index (χ2n) is 5.81. The van der Waals surface area contributed by atoms with Gasteiger partial charge in [0.25, 0.3) is 0 Å². The third kappa shape index (κ3) is 4.86. The summed E-state index contributed by atoms with van der Waals surface area (Å²) in [7, 11) is 0. The van der Waals surface area contributed by atoms with Crippen LogP contribution in [0.25, 0.3) is 0 Å². The SMILES string of the molecule is CCOc1c(F)cc([C@H](C2CC2)N2CCNCC2)cc1Cl.Cl.Cl. The summed E-state index contributed by atoms with van der Waals surface area (Å²) in [5, 5.41) is 3.75. The third-order valence-corrected chi connectivity index (χ3v) is 4.55. The molecule has 0 unspecified atom stereocenters. The molecule has 1 aliphatic heterocycles. The summed E-state index contributed by atoms with van der Waals surface area (Å²) in [6.45, 7) is 6.26. The standard InChI is InChI=1S/C16H22ClFN2O.2ClH/c1-2-21-16-13(17)9-12(10-14(16)18)15(11-3-4-11)20-7-5-19-6-8-20;;/h9-11,15,19H,2-8H2,1H3;2*1H/t15-;;/m0../s1. The van der Waals surface area contributed by atoms with Crippen molar-refractivity contribution < 1.29 is 9.13 Å². The third-order valence-electron chi connectivity index (χ3n) is 4.26. The Morgan fingerprint density at radius 2 is 1.96 bits per heavy atom. The smallest absolute Gasteiger partial charge is 0.173 e. The van der Waals surface area contributed by atoms with Crippen LogP contribution in [0.2, 0.25) is 5.02 Å². The second-order valence-corrected chi connectivity index (χ2v) is 6.22. The fourth-order valence-corrected chi connectivity index (χ4v) is 3.46. The maximum absolute atomic E-state index is 14.3. The lowest BCUT2D eigenvalue weighted by atomic mass is 9.99. The van der Waals surface area contributed by atoms with Crippen LogP contribution in [0.3, 0.4) is 0 Å². The fraction of sp³-hybridized carbons (Fsp3) is 0.625. The molecule has 1 saturated heterocycles. The van der Waals surface area contributed by atoms with Crippen molar-refractivity contribution in [2.24, 2.45) is 5.92 Å². The lowest BCUT2D eigenvalue weighted by Crippen LogP contribution is -2.45. The Balaban J connectivity index is 0.00000132. The molecule has 132 valence electrons. The van der Waals surface area contributed by atoms with Crippen molar-refractivity contribution in [2.75, 3.05) is 32.8 Å². The van der Waals surface area contributed by atoms with Crippen molar-refractivity contribution in [3.05, 3.63) is 28.5 Å². The van der Waals surface area contributed by atoms with E-state index in [9.17, 15) is 4.39 Å². The van der Waals surface area contributed by atoms with Gasteiger partial charge in [-0.25, -0.2) is 4.39 Å². The lowest BCUT2D eigenvalue weighted by Gasteiger charge is -2.35. The Bertz CT molecular complexity index is 485. The molecule has 1 heterocycles. The number of halogens is 4. The molecule has 1 aromatic carbocycles. The molecule has 7 heteroatoms. The molecule has 3 nitrogen and oxygen atoms in total. The van der Waals surface area contributed by atoms with E-state index in [0.29, 0.717) is 17.5 Å². The normalized spacial score (nSPS) is 19.4. The molecule has 3 rings (SSSR count). The molecule has 0 radical (unpaired) electrons. The highest BCUT2D eigenvalue weighted by Crippen LogP contribution is 2.46. The fourth-order valence-electron chi connectivity index (χ4n) is 3.19. The highest BCUT2D eigenvalue weighted by Gasteiger charge is 2.37. The predicted octanol–water partition coefficient (Wildman–Crippen LogP) is 4.08. The number of nitrogens with one attached hydrogen (secondary N) is 1. The Morgan fingerprint density at radius 1 is 1.30 bits per heavy atom.